The number of hydrogen-bond donors (Lipinski definition) is 3. The van der Waals surface area contributed by atoms with Gasteiger partial charge in [0.05, 0.1) is 6.54 Å². The highest BCUT2D eigenvalue weighted by Gasteiger charge is 2.22. The van der Waals surface area contributed by atoms with Gasteiger partial charge in [0.1, 0.15) is 0 Å². The van der Waals surface area contributed by atoms with Crippen molar-refractivity contribution in [2.24, 2.45) is 5.92 Å². The number of piperidine rings is 1. The number of hydrogen-bond acceptors (Lipinski definition) is 5. The lowest BCUT2D eigenvalue weighted by Gasteiger charge is -2.37. The Balaban J connectivity index is 1.55. The van der Waals surface area contributed by atoms with Gasteiger partial charge in [0, 0.05) is 45.8 Å². The Bertz CT molecular complexity index is 312. The molecule has 0 unspecified atom stereocenters. The first-order chi connectivity index (χ1) is 10.8. The second kappa shape index (κ2) is 10.2. The molecule has 6 heteroatoms. The van der Waals surface area contributed by atoms with E-state index >= 15 is 0 Å². The second-order valence-electron chi connectivity index (χ2n) is 6.47. The smallest absolute Gasteiger partial charge is 0.234 e. The number of carbonyl (C=O) groups excluding carboxylic acids is 1. The minimum Gasteiger partial charge on any atom is -0.354 e. The Morgan fingerprint density at radius 2 is 1.77 bits per heavy atom. The molecule has 0 aliphatic carbocycles. The number of piperazine rings is 1. The number of rotatable bonds is 8. The van der Waals surface area contributed by atoms with Crippen molar-refractivity contribution in [3.8, 4) is 0 Å². The van der Waals surface area contributed by atoms with Crippen molar-refractivity contribution >= 4 is 5.91 Å². The molecule has 0 aromatic carbocycles. The summed E-state index contributed by atoms with van der Waals surface area (Å²) in [7, 11) is 0. The van der Waals surface area contributed by atoms with Crippen LogP contribution in [0.25, 0.3) is 0 Å². The Morgan fingerprint density at radius 3 is 2.45 bits per heavy atom. The van der Waals surface area contributed by atoms with Gasteiger partial charge >= 0.3 is 0 Å². The van der Waals surface area contributed by atoms with Crippen molar-refractivity contribution in [3.63, 3.8) is 0 Å². The molecule has 2 heterocycles. The van der Waals surface area contributed by atoms with E-state index in [1.165, 1.54) is 32.5 Å². The van der Waals surface area contributed by atoms with E-state index in [-0.39, 0.29) is 5.91 Å². The molecule has 0 atom stereocenters. The molecule has 0 aromatic rings. The average Bonchev–Trinajstić information content (AvgIpc) is 2.54. The predicted octanol–water partition coefficient (Wildman–Crippen LogP) is -0.671. The van der Waals surface area contributed by atoms with Crippen LogP contribution in [0.1, 0.15) is 19.8 Å². The molecule has 0 aromatic heterocycles. The lowest BCUT2D eigenvalue weighted by molar-refractivity contribution is -0.122. The van der Waals surface area contributed by atoms with Crippen LogP contribution in [0.2, 0.25) is 0 Å². The summed E-state index contributed by atoms with van der Waals surface area (Å²) in [5.41, 5.74) is 0. The molecule has 2 saturated heterocycles. The molecular formula is C16H33N5O. The van der Waals surface area contributed by atoms with Crippen molar-refractivity contribution in [3.05, 3.63) is 0 Å². The average molecular weight is 311 g/mol. The second-order valence-corrected chi connectivity index (χ2v) is 6.47. The molecule has 2 aliphatic heterocycles. The summed E-state index contributed by atoms with van der Waals surface area (Å²) >= 11 is 0. The highest BCUT2D eigenvalue weighted by atomic mass is 16.2. The maximum atomic E-state index is 11.9. The van der Waals surface area contributed by atoms with Gasteiger partial charge in [0.15, 0.2) is 0 Å². The lowest BCUT2D eigenvalue weighted by atomic mass is 9.97. The van der Waals surface area contributed by atoms with Gasteiger partial charge in [-0.25, -0.2) is 0 Å². The van der Waals surface area contributed by atoms with E-state index in [0.29, 0.717) is 6.54 Å². The summed E-state index contributed by atoms with van der Waals surface area (Å²) in [5, 5.41) is 9.62. The van der Waals surface area contributed by atoms with Gasteiger partial charge in [-0.3, -0.25) is 9.69 Å². The van der Waals surface area contributed by atoms with Crippen molar-refractivity contribution in [1.29, 1.82) is 0 Å². The molecule has 2 fully saturated rings. The molecule has 6 nitrogen and oxygen atoms in total. The topological polar surface area (TPSA) is 59.6 Å². The molecule has 22 heavy (non-hydrogen) atoms. The number of nitrogens with zero attached hydrogens (tertiary/aromatic N) is 2. The van der Waals surface area contributed by atoms with Crippen molar-refractivity contribution < 1.29 is 4.79 Å². The van der Waals surface area contributed by atoms with Gasteiger partial charge in [0.2, 0.25) is 5.91 Å². The van der Waals surface area contributed by atoms with Crippen molar-refractivity contribution in [2.45, 2.75) is 19.8 Å². The standard InChI is InChI=1S/C16H33N5O/c1-2-17-7-8-19-16(22)14-21-11-9-20(10-12-21)13-15-3-5-18-6-4-15/h15,17-18H,2-14H2,1H3,(H,19,22). The number of likely N-dealkylation sites (N-methyl/N-ethyl adjacent to an activating group) is 1. The summed E-state index contributed by atoms with van der Waals surface area (Å²) < 4.78 is 0. The Morgan fingerprint density at radius 1 is 1.09 bits per heavy atom. The van der Waals surface area contributed by atoms with E-state index in [4.69, 9.17) is 0 Å². The highest BCUT2D eigenvalue weighted by molar-refractivity contribution is 5.78. The van der Waals surface area contributed by atoms with Gasteiger partial charge in [-0.15, -0.1) is 0 Å². The SMILES string of the molecule is CCNCCNC(=O)CN1CCN(CC2CCNCC2)CC1. The number of nitrogens with one attached hydrogen (secondary N) is 3. The van der Waals surface area contributed by atoms with Crippen LogP contribution >= 0.6 is 0 Å². The molecule has 2 rings (SSSR count). The number of carbonyl (C=O) groups is 1. The predicted molar refractivity (Wildman–Crippen MR) is 90.0 cm³/mol. The zero-order valence-electron chi connectivity index (χ0n) is 14.1. The fourth-order valence-electron chi connectivity index (χ4n) is 3.29. The first-order valence-electron chi connectivity index (χ1n) is 8.90. The molecule has 0 bridgehead atoms. The maximum Gasteiger partial charge on any atom is 0.234 e. The van der Waals surface area contributed by atoms with Gasteiger partial charge in [-0.1, -0.05) is 6.92 Å². The summed E-state index contributed by atoms with van der Waals surface area (Å²) in [4.78, 5) is 16.7. The third-order valence-corrected chi connectivity index (χ3v) is 4.68. The third-order valence-electron chi connectivity index (χ3n) is 4.68. The van der Waals surface area contributed by atoms with E-state index in [2.05, 4.69) is 32.7 Å². The Kier molecular flexibility index (Phi) is 8.15. The van der Waals surface area contributed by atoms with Crippen LogP contribution in [0.15, 0.2) is 0 Å². The Labute approximate surface area is 135 Å². The van der Waals surface area contributed by atoms with Gasteiger partial charge < -0.3 is 20.9 Å². The maximum absolute atomic E-state index is 11.9. The van der Waals surface area contributed by atoms with E-state index in [1.807, 2.05) is 0 Å². The lowest BCUT2D eigenvalue weighted by Crippen LogP contribution is -2.51. The molecule has 0 saturated carbocycles. The molecule has 3 N–H and O–H groups in total. The molecular weight excluding hydrogens is 278 g/mol. The number of amides is 1. The zero-order valence-corrected chi connectivity index (χ0v) is 14.1. The molecule has 2 aliphatic rings. The van der Waals surface area contributed by atoms with Crippen LogP contribution in [0.3, 0.4) is 0 Å². The fourth-order valence-corrected chi connectivity index (χ4v) is 3.29. The first kappa shape index (κ1) is 17.7. The van der Waals surface area contributed by atoms with Crippen LogP contribution in [0.4, 0.5) is 0 Å². The van der Waals surface area contributed by atoms with E-state index < -0.39 is 0 Å². The third kappa shape index (κ3) is 6.60. The summed E-state index contributed by atoms with van der Waals surface area (Å²) in [6.07, 6.45) is 2.63. The largest absolute Gasteiger partial charge is 0.354 e. The van der Waals surface area contributed by atoms with Crippen LogP contribution in [-0.4, -0.2) is 87.7 Å². The van der Waals surface area contributed by atoms with Crippen molar-refractivity contribution in [2.75, 3.05) is 72.0 Å². The highest BCUT2D eigenvalue weighted by Crippen LogP contribution is 2.14. The molecule has 0 radical (unpaired) electrons. The monoisotopic (exact) mass is 311 g/mol. The molecule has 128 valence electrons. The minimum absolute atomic E-state index is 0.157. The van der Waals surface area contributed by atoms with Crippen LogP contribution in [0, 0.1) is 5.92 Å². The molecule has 1 amide bonds. The summed E-state index contributed by atoms with van der Waals surface area (Å²) in [6.45, 7) is 13.0. The normalized spacial score (nSPS) is 21.9. The molecule has 0 spiro atoms. The van der Waals surface area contributed by atoms with Crippen LogP contribution < -0.4 is 16.0 Å². The zero-order chi connectivity index (χ0) is 15.6. The fraction of sp³-hybridized carbons (Fsp3) is 0.938. The summed E-state index contributed by atoms with van der Waals surface area (Å²) in [5.74, 6) is 1.02. The minimum atomic E-state index is 0.157. The van der Waals surface area contributed by atoms with Gasteiger partial charge in [-0.05, 0) is 38.4 Å². The van der Waals surface area contributed by atoms with Gasteiger partial charge in [0.25, 0.3) is 0 Å². The van der Waals surface area contributed by atoms with Crippen LogP contribution in [0.5, 0.6) is 0 Å². The Hall–Kier alpha value is -0.690. The summed E-state index contributed by atoms with van der Waals surface area (Å²) in [6, 6.07) is 0. The van der Waals surface area contributed by atoms with E-state index in [1.54, 1.807) is 0 Å². The quantitative estimate of drug-likeness (QED) is 0.519. The van der Waals surface area contributed by atoms with Crippen LogP contribution in [-0.2, 0) is 4.79 Å². The first-order valence-corrected chi connectivity index (χ1v) is 8.90. The van der Waals surface area contributed by atoms with Crippen molar-refractivity contribution in [1.82, 2.24) is 25.8 Å². The van der Waals surface area contributed by atoms with E-state index in [0.717, 1.165) is 51.7 Å². The van der Waals surface area contributed by atoms with E-state index in [9.17, 15) is 4.79 Å². The van der Waals surface area contributed by atoms with Gasteiger partial charge in [-0.2, -0.15) is 0 Å².